The van der Waals surface area contributed by atoms with Crippen molar-refractivity contribution in [2.45, 2.75) is 102 Å². The van der Waals surface area contributed by atoms with Gasteiger partial charge in [-0.3, -0.25) is 0 Å². The molecule has 0 spiro atoms. The Labute approximate surface area is 207 Å². The Morgan fingerprint density at radius 3 is 2.17 bits per heavy atom. The predicted molar refractivity (Wildman–Crippen MR) is 132 cm³/mol. The molecular weight excluding hydrogens is 449 g/mol. The van der Waals surface area contributed by atoms with Crippen LogP contribution >= 0.6 is 0 Å². The van der Waals surface area contributed by atoms with Crippen LogP contribution in [0.3, 0.4) is 0 Å². The van der Waals surface area contributed by atoms with E-state index in [0.717, 1.165) is 68.9 Å². The summed E-state index contributed by atoms with van der Waals surface area (Å²) in [6.07, 6.45) is 8.96. The number of carbonyl (C=O) groups is 1. The van der Waals surface area contributed by atoms with E-state index in [1.54, 1.807) is 12.1 Å². The van der Waals surface area contributed by atoms with Crippen molar-refractivity contribution in [2.24, 2.45) is 5.92 Å². The Hall–Kier alpha value is -2.30. The molecule has 0 unspecified atom stereocenters. The highest BCUT2D eigenvalue weighted by Gasteiger charge is 2.30. The molecule has 0 aliphatic heterocycles. The lowest BCUT2D eigenvalue weighted by molar-refractivity contribution is 0.0189. The van der Waals surface area contributed by atoms with Gasteiger partial charge in [0, 0.05) is 0 Å². The summed E-state index contributed by atoms with van der Waals surface area (Å²) in [6.45, 7) is 4.20. The third-order valence-electron chi connectivity index (χ3n) is 8.21. The SMILES string of the molecule is CCCc1ccc(C2CCC(OC(=O)c3ccc(C4CCC(CC)CC4)c(F)c3F)CC2)cc1F. The van der Waals surface area contributed by atoms with Crippen LogP contribution in [0.4, 0.5) is 13.2 Å². The van der Waals surface area contributed by atoms with Crippen molar-refractivity contribution in [3.63, 3.8) is 0 Å². The molecule has 2 aliphatic carbocycles. The summed E-state index contributed by atoms with van der Waals surface area (Å²) >= 11 is 0. The van der Waals surface area contributed by atoms with Crippen molar-refractivity contribution >= 4 is 5.97 Å². The second-order valence-corrected chi connectivity index (χ2v) is 10.4. The molecule has 35 heavy (non-hydrogen) atoms. The number of ether oxygens (including phenoxy) is 1. The second-order valence-electron chi connectivity index (χ2n) is 10.4. The van der Waals surface area contributed by atoms with Gasteiger partial charge in [-0.15, -0.1) is 0 Å². The number of aryl methyl sites for hydroxylation is 1. The van der Waals surface area contributed by atoms with Gasteiger partial charge < -0.3 is 4.74 Å². The Morgan fingerprint density at radius 1 is 0.857 bits per heavy atom. The van der Waals surface area contributed by atoms with E-state index >= 15 is 0 Å². The van der Waals surface area contributed by atoms with Gasteiger partial charge in [-0.2, -0.15) is 0 Å². The molecule has 0 aromatic heterocycles. The molecule has 2 saturated carbocycles. The quantitative estimate of drug-likeness (QED) is 0.366. The van der Waals surface area contributed by atoms with Gasteiger partial charge in [0.2, 0.25) is 0 Å². The molecule has 2 aromatic carbocycles. The average Bonchev–Trinajstić information content (AvgIpc) is 2.87. The summed E-state index contributed by atoms with van der Waals surface area (Å²) in [5, 5.41) is 0. The average molecular weight is 487 g/mol. The predicted octanol–water partition coefficient (Wildman–Crippen LogP) is 8.62. The molecule has 0 atom stereocenters. The van der Waals surface area contributed by atoms with Crippen molar-refractivity contribution in [3.8, 4) is 0 Å². The van der Waals surface area contributed by atoms with E-state index in [0.29, 0.717) is 24.3 Å². The summed E-state index contributed by atoms with van der Waals surface area (Å²) in [4.78, 5) is 12.7. The van der Waals surface area contributed by atoms with Gasteiger partial charge in [-0.25, -0.2) is 18.0 Å². The van der Waals surface area contributed by atoms with Gasteiger partial charge in [0.1, 0.15) is 11.9 Å². The van der Waals surface area contributed by atoms with Gasteiger partial charge in [0.15, 0.2) is 11.6 Å². The maximum Gasteiger partial charge on any atom is 0.341 e. The van der Waals surface area contributed by atoms with E-state index in [4.69, 9.17) is 4.74 Å². The van der Waals surface area contributed by atoms with E-state index in [-0.39, 0.29) is 29.3 Å². The third kappa shape index (κ3) is 5.92. The maximum atomic E-state index is 14.9. The fourth-order valence-corrected chi connectivity index (χ4v) is 5.94. The Kier molecular flexibility index (Phi) is 8.56. The number of benzene rings is 2. The first-order valence-corrected chi connectivity index (χ1v) is 13.4. The largest absolute Gasteiger partial charge is 0.459 e. The van der Waals surface area contributed by atoms with Gasteiger partial charge >= 0.3 is 5.97 Å². The lowest BCUT2D eigenvalue weighted by atomic mass is 9.77. The van der Waals surface area contributed by atoms with Crippen LogP contribution in [-0.4, -0.2) is 12.1 Å². The zero-order valence-electron chi connectivity index (χ0n) is 20.9. The van der Waals surface area contributed by atoms with Crippen LogP contribution < -0.4 is 0 Å². The monoisotopic (exact) mass is 486 g/mol. The molecule has 5 heteroatoms. The van der Waals surface area contributed by atoms with E-state index in [1.807, 2.05) is 19.1 Å². The van der Waals surface area contributed by atoms with Gasteiger partial charge in [-0.05, 0) is 104 Å². The molecule has 0 radical (unpaired) electrons. The van der Waals surface area contributed by atoms with Crippen LogP contribution in [0.25, 0.3) is 0 Å². The van der Waals surface area contributed by atoms with Crippen molar-refractivity contribution in [1.29, 1.82) is 0 Å². The van der Waals surface area contributed by atoms with Crippen LogP contribution in [0.2, 0.25) is 0 Å². The Morgan fingerprint density at radius 2 is 1.54 bits per heavy atom. The smallest absolute Gasteiger partial charge is 0.341 e. The normalized spacial score (nSPS) is 24.8. The molecule has 190 valence electrons. The molecule has 0 amide bonds. The minimum absolute atomic E-state index is 0.00789. The molecule has 0 bridgehead atoms. The van der Waals surface area contributed by atoms with Crippen LogP contribution in [0.1, 0.15) is 117 Å². The number of carbonyl (C=O) groups excluding carboxylic acids is 1. The first-order valence-electron chi connectivity index (χ1n) is 13.4. The van der Waals surface area contributed by atoms with E-state index in [2.05, 4.69) is 6.92 Å². The number of halogens is 3. The van der Waals surface area contributed by atoms with Crippen molar-refractivity contribution in [2.75, 3.05) is 0 Å². The summed E-state index contributed by atoms with van der Waals surface area (Å²) in [7, 11) is 0. The second kappa shape index (κ2) is 11.6. The minimum Gasteiger partial charge on any atom is -0.459 e. The first kappa shape index (κ1) is 25.8. The molecule has 2 fully saturated rings. The number of hydrogen-bond acceptors (Lipinski definition) is 2. The zero-order valence-corrected chi connectivity index (χ0v) is 20.9. The number of esters is 1. The summed E-state index contributed by atoms with van der Waals surface area (Å²) in [5.41, 5.74) is 1.77. The minimum atomic E-state index is -1.10. The molecule has 2 nitrogen and oxygen atoms in total. The molecule has 0 saturated heterocycles. The zero-order chi connectivity index (χ0) is 24.9. The van der Waals surface area contributed by atoms with Crippen LogP contribution in [-0.2, 0) is 11.2 Å². The molecular formula is C30H37F3O2. The maximum absolute atomic E-state index is 14.9. The summed E-state index contributed by atoms with van der Waals surface area (Å²) in [6, 6.07) is 8.46. The highest BCUT2D eigenvalue weighted by molar-refractivity contribution is 5.90. The highest BCUT2D eigenvalue weighted by Crippen LogP contribution is 2.39. The fourth-order valence-electron chi connectivity index (χ4n) is 5.94. The van der Waals surface area contributed by atoms with E-state index < -0.39 is 17.6 Å². The third-order valence-corrected chi connectivity index (χ3v) is 8.21. The fraction of sp³-hybridized carbons (Fsp3) is 0.567. The highest BCUT2D eigenvalue weighted by atomic mass is 19.2. The Balaban J connectivity index is 1.34. The van der Waals surface area contributed by atoms with E-state index in [9.17, 15) is 18.0 Å². The lowest BCUT2D eigenvalue weighted by Gasteiger charge is -2.29. The van der Waals surface area contributed by atoms with Crippen LogP contribution in [0, 0.1) is 23.4 Å². The Bertz CT molecular complexity index is 1020. The summed E-state index contributed by atoms with van der Waals surface area (Å²) < 4.78 is 49.7. The standard InChI is InChI=1S/C30H37F3O2/c1-3-5-22-10-11-23(18-27(22)31)20-12-14-24(15-13-20)35-30(34)26-17-16-25(28(32)29(26)33)21-8-6-19(4-2)7-9-21/h10-11,16-21,24H,3-9,12-15H2,1-2H3. The van der Waals surface area contributed by atoms with Crippen molar-refractivity contribution in [1.82, 2.24) is 0 Å². The molecule has 2 aliphatic rings. The number of hydrogen-bond donors (Lipinski definition) is 0. The molecule has 4 rings (SSSR count). The van der Waals surface area contributed by atoms with Crippen molar-refractivity contribution in [3.05, 3.63) is 70.0 Å². The molecule has 0 heterocycles. The lowest BCUT2D eigenvalue weighted by Crippen LogP contribution is -2.25. The first-order chi connectivity index (χ1) is 16.9. The van der Waals surface area contributed by atoms with Gasteiger partial charge in [0.25, 0.3) is 0 Å². The van der Waals surface area contributed by atoms with Crippen LogP contribution in [0.15, 0.2) is 30.3 Å². The molecule has 2 aromatic rings. The van der Waals surface area contributed by atoms with Gasteiger partial charge in [-0.1, -0.05) is 44.9 Å². The topological polar surface area (TPSA) is 26.3 Å². The molecule has 0 N–H and O–H groups in total. The van der Waals surface area contributed by atoms with E-state index in [1.165, 1.54) is 6.07 Å². The van der Waals surface area contributed by atoms with Gasteiger partial charge in [0.05, 0.1) is 5.56 Å². The number of rotatable bonds is 7. The van der Waals surface area contributed by atoms with Crippen LogP contribution in [0.5, 0.6) is 0 Å². The summed E-state index contributed by atoms with van der Waals surface area (Å²) in [5.74, 6) is -2.07. The van der Waals surface area contributed by atoms with Crippen molar-refractivity contribution < 1.29 is 22.7 Å².